The minimum atomic E-state index is -4.63. The molecule has 0 aliphatic carbocycles. The Bertz CT molecular complexity index is 803. The van der Waals surface area contributed by atoms with Gasteiger partial charge in [0.25, 0.3) is 5.89 Å². The maximum absolute atomic E-state index is 12.9. The van der Waals surface area contributed by atoms with Gasteiger partial charge in [0.15, 0.2) is 5.69 Å². The normalized spacial score (nSPS) is 12.0. The number of aliphatic hydroxyl groups is 1. The third-order valence-electron chi connectivity index (χ3n) is 2.82. The molecule has 22 heavy (non-hydrogen) atoms. The molecule has 3 aromatic rings. The summed E-state index contributed by atoms with van der Waals surface area (Å²) < 4.78 is 49.7. The van der Waals surface area contributed by atoms with Crippen molar-refractivity contribution in [1.29, 1.82) is 0 Å². The number of aromatic nitrogens is 4. The van der Waals surface area contributed by atoms with E-state index in [-0.39, 0.29) is 29.6 Å². The average Bonchev–Trinajstić information content (AvgIpc) is 3.15. The smallest absolute Gasteiger partial charge is 0.435 e. The van der Waals surface area contributed by atoms with Crippen LogP contribution in [0.3, 0.4) is 0 Å². The second-order valence-corrected chi connectivity index (χ2v) is 4.45. The molecule has 3 heterocycles. The summed E-state index contributed by atoms with van der Waals surface area (Å²) in [7, 11) is 1.36. The first kappa shape index (κ1) is 14.3. The van der Waals surface area contributed by atoms with Crippen LogP contribution in [0.25, 0.3) is 22.8 Å². The van der Waals surface area contributed by atoms with Gasteiger partial charge in [-0.2, -0.15) is 23.3 Å². The van der Waals surface area contributed by atoms with Crippen LogP contribution in [-0.2, 0) is 19.8 Å². The predicted molar refractivity (Wildman–Crippen MR) is 65.1 cm³/mol. The summed E-state index contributed by atoms with van der Waals surface area (Å²) in [5.41, 5.74) is -1.01. The first-order valence-electron chi connectivity index (χ1n) is 6.02. The number of alkyl halides is 3. The van der Waals surface area contributed by atoms with Crippen LogP contribution in [-0.4, -0.2) is 25.0 Å². The molecular weight excluding hydrogens is 305 g/mol. The average molecular weight is 314 g/mol. The highest BCUT2D eigenvalue weighted by atomic mass is 19.4. The Kier molecular flexibility index (Phi) is 3.24. The fraction of sp³-hybridized carbons (Fsp3) is 0.250. The molecule has 0 aromatic carbocycles. The number of hydrogen-bond acceptors (Lipinski definition) is 6. The van der Waals surface area contributed by atoms with Gasteiger partial charge < -0.3 is 14.0 Å². The monoisotopic (exact) mass is 314 g/mol. The van der Waals surface area contributed by atoms with Gasteiger partial charge in [-0.25, -0.2) is 0 Å². The zero-order chi connectivity index (χ0) is 15.9. The molecule has 0 saturated heterocycles. The van der Waals surface area contributed by atoms with Crippen molar-refractivity contribution < 1.29 is 27.2 Å². The van der Waals surface area contributed by atoms with Crippen molar-refractivity contribution in [1.82, 2.24) is 19.9 Å². The maximum Gasteiger partial charge on any atom is 0.435 e. The van der Waals surface area contributed by atoms with Crippen LogP contribution in [0.5, 0.6) is 0 Å². The largest absolute Gasteiger partial charge is 0.466 e. The third kappa shape index (κ3) is 2.48. The van der Waals surface area contributed by atoms with Crippen molar-refractivity contribution in [3.8, 4) is 22.8 Å². The zero-order valence-electron chi connectivity index (χ0n) is 11.1. The van der Waals surface area contributed by atoms with Crippen molar-refractivity contribution in [2.75, 3.05) is 0 Å². The Hall–Kier alpha value is -2.62. The van der Waals surface area contributed by atoms with E-state index in [1.807, 2.05) is 0 Å². The summed E-state index contributed by atoms with van der Waals surface area (Å²) in [6, 6.07) is 1.45. The van der Waals surface area contributed by atoms with Gasteiger partial charge in [0.1, 0.15) is 18.6 Å². The molecular formula is C12H9F3N4O3. The topological polar surface area (TPSA) is 90.1 Å². The number of rotatable bonds is 3. The summed E-state index contributed by atoms with van der Waals surface area (Å²) in [6.07, 6.45) is -2.21. The van der Waals surface area contributed by atoms with E-state index in [0.29, 0.717) is 5.56 Å². The van der Waals surface area contributed by atoms with Crippen LogP contribution in [0.15, 0.2) is 27.5 Å². The van der Waals surface area contributed by atoms with Crippen LogP contribution in [0.2, 0.25) is 0 Å². The van der Waals surface area contributed by atoms with Crippen LogP contribution in [0.1, 0.15) is 11.5 Å². The Labute approximate surface area is 121 Å². The molecule has 0 unspecified atom stereocenters. The van der Waals surface area contributed by atoms with Crippen LogP contribution in [0, 0.1) is 0 Å². The van der Waals surface area contributed by atoms with Gasteiger partial charge in [0, 0.05) is 13.2 Å². The predicted octanol–water partition coefficient (Wildman–Crippen LogP) is 2.24. The van der Waals surface area contributed by atoms with Gasteiger partial charge in [-0.1, -0.05) is 5.16 Å². The molecule has 0 fully saturated rings. The molecule has 10 heteroatoms. The lowest BCUT2D eigenvalue weighted by Gasteiger charge is -2.02. The van der Waals surface area contributed by atoms with Crippen molar-refractivity contribution in [2.24, 2.45) is 7.05 Å². The number of hydrogen-bond donors (Lipinski definition) is 1. The molecule has 3 aromatic heterocycles. The number of aliphatic hydroxyl groups excluding tert-OH is 1. The van der Waals surface area contributed by atoms with Gasteiger partial charge in [-0.3, -0.25) is 4.68 Å². The second kappa shape index (κ2) is 4.98. The molecule has 0 saturated carbocycles. The van der Waals surface area contributed by atoms with Crippen LogP contribution >= 0.6 is 0 Å². The van der Waals surface area contributed by atoms with Crippen molar-refractivity contribution in [2.45, 2.75) is 12.8 Å². The van der Waals surface area contributed by atoms with Gasteiger partial charge in [-0.05, 0) is 6.07 Å². The van der Waals surface area contributed by atoms with Crippen molar-refractivity contribution >= 4 is 0 Å². The Morgan fingerprint density at radius 2 is 2.14 bits per heavy atom. The van der Waals surface area contributed by atoms with E-state index in [1.54, 1.807) is 0 Å². The molecule has 0 aliphatic heterocycles. The molecule has 7 nitrogen and oxygen atoms in total. The van der Waals surface area contributed by atoms with Crippen LogP contribution in [0.4, 0.5) is 13.2 Å². The van der Waals surface area contributed by atoms with Gasteiger partial charge in [-0.15, -0.1) is 0 Å². The Balaban J connectivity index is 2.01. The minimum Gasteiger partial charge on any atom is -0.466 e. The summed E-state index contributed by atoms with van der Waals surface area (Å²) in [5.74, 6) is 0.0182. The van der Waals surface area contributed by atoms with E-state index in [1.165, 1.54) is 19.4 Å². The lowest BCUT2D eigenvalue weighted by Crippen LogP contribution is -2.08. The summed E-state index contributed by atoms with van der Waals surface area (Å²) in [4.78, 5) is 3.91. The van der Waals surface area contributed by atoms with Crippen molar-refractivity contribution in [3.63, 3.8) is 0 Å². The molecule has 0 radical (unpaired) electrons. The number of nitrogens with zero attached hydrogens (tertiary/aromatic N) is 4. The van der Waals surface area contributed by atoms with E-state index in [2.05, 4.69) is 15.2 Å². The fourth-order valence-corrected chi connectivity index (χ4v) is 1.89. The molecule has 0 spiro atoms. The molecule has 0 atom stereocenters. The maximum atomic E-state index is 12.9. The molecule has 0 amide bonds. The zero-order valence-corrected chi connectivity index (χ0v) is 11.1. The van der Waals surface area contributed by atoms with E-state index < -0.39 is 11.9 Å². The molecule has 1 N–H and O–H groups in total. The minimum absolute atomic E-state index is 0.0181. The summed E-state index contributed by atoms with van der Waals surface area (Å²) in [5, 5.41) is 15.8. The SMILES string of the molecule is Cn1cc(-c2noc(-c3coc(CO)c3)n2)c(C(F)(F)F)n1. The van der Waals surface area contributed by atoms with Crippen molar-refractivity contribution in [3.05, 3.63) is 30.0 Å². The quantitative estimate of drug-likeness (QED) is 0.797. The van der Waals surface area contributed by atoms with Gasteiger partial charge in [0.05, 0.1) is 11.1 Å². The highest BCUT2D eigenvalue weighted by Gasteiger charge is 2.38. The summed E-state index contributed by atoms with van der Waals surface area (Å²) in [6.45, 7) is -0.318. The highest BCUT2D eigenvalue weighted by Crippen LogP contribution is 2.35. The van der Waals surface area contributed by atoms with E-state index in [0.717, 1.165) is 10.9 Å². The fourth-order valence-electron chi connectivity index (χ4n) is 1.89. The van der Waals surface area contributed by atoms with E-state index in [4.69, 9.17) is 14.0 Å². The van der Waals surface area contributed by atoms with Gasteiger partial charge >= 0.3 is 6.18 Å². The van der Waals surface area contributed by atoms with Crippen LogP contribution < -0.4 is 0 Å². The highest BCUT2D eigenvalue weighted by molar-refractivity contribution is 5.61. The first-order valence-corrected chi connectivity index (χ1v) is 6.02. The number of furan rings is 1. The Morgan fingerprint density at radius 3 is 2.77 bits per heavy atom. The lowest BCUT2D eigenvalue weighted by molar-refractivity contribution is -0.141. The Morgan fingerprint density at radius 1 is 1.36 bits per heavy atom. The van der Waals surface area contributed by atoms with E-state index >= 15 is 0 Å². The molecule has 3 rings (SSSR count). The molecule has 0 aliphatic rings. The number of aryl methyl sites for hydroxylation is 1. The third-order valence-corrected chi connectivity index (χ3v) is 2.82. The lowest BCUT2D eigenvalue weighted by atomic mass is 10.2. The molecule has 0 bridgehead atoms. The van der Waals surface area contributed by atoms with Gasteiger partial charge in [0.2, 0.25) is 5.82 Å². The summed E-state index contributed by atoms with van der Waals surface area (Å²) >= 11 is 0. The number of halogens is 3. The first-order chi connectivity index (χ1) is 10.4. The standard InChI is InChI=1S/C12H9F3N4O3/c1-19-3-8(9(17-19)12(13,14)15)10-16-11(22-18-10)6-2-7(4-20)21-5-6/h2-3,5,20H,4H2,1H3. The molecule has 116 valence electrons. The van der Waals surface area contributed by atoms with E-state index in [9.17, 15) is 13.2 Å². The second-order valence-electron chi connectivity index (χ2n) is 4.45.